The quantitative estimate of drug-likeness (QED) is 0.688. The summed E-state index contributed by atoms with van der Waals surface area (Å²) < 4.78 is 0. The maximum absolute atomic E-state index is 3.85. The van der Waals surface area contributed by atoms with E-state index in [0.717, 1.165) is 17.8 Å². The van der Waals surface area contributed by atoms with Crippen molar-refractivity contribution in [3.8, 4) is 0 Å². The van der Waals surface area contributed by atoms with Gasteiger partial charge in [-0.2, -0.15) is 0 Å². The molecular weight excluding hydrogens is 222 g/mol. The molecule has 3 nitrogen and oxygen atoms in total. The molecule has 0 aromatic rings. The first-order chi connectivity index (χ1) is 8.41. The van der Waals surface area contributed by atoms with E-state index in [1.54, 1.807) is 0 Å². The Morgan fingerprint density at radius 3 is 2.61 bits per heavy atom. The zero-order valence-electron chi connectivity index (χ0n) is 12.5. The number of rotatable bonds is 0. The summed E-state index contributed by atoms with van der Waals surface area (Å²) in [5.41, 5.74) is 0.404. The highest BCUT2D eigenvalue weighted by molar-refractivity contribution is 5.09. The van der Waals surface area contributed by atoms with Crippen molar-refractivity contribution in [1.29, 1.82) is 0 Å². The van der Waals surface area contributed by atoms with E-state index in [1.807, 2.05) is 0 Å². The smallest absolute Gasteiger partial charge is 0.0645 e. The molecule has 3 aliphatic heterocycles. The van der Waals surface area contributed by atoms with E-state index in [2.05, 4.69) is 50.3 Å². The fraction of sp³-hybridized carbons (Fsp3) is 1.00. The minimum Gasteiger partial charge on any atom is -0.302 e. The number of nitrogens with one attached hydrogen (secondary N) is 2. The van der Waals surface area contributed by atoms with Crippen LogP contribution in [0.1, 0.15) is 40.5 Å². The zero-order chi connectivity index (χ0) is 13.1. The number of hydrogen-bond acceptors (Lipinski definition) is 3. The predicted molar refractivity (Wildman–Crippen MR) is 75.1 cm³/mol. The van der Waals surface area contributed by atoms with Gasteiger partial charge in [0.15, 0.2) is 0 Å². The Morgan fingerprint density at radius 1 is 1.22 bits per heavy atom. The molecule has 18 heavy (non-hydrogen) atoms. The van der Waals surface area contributed by atoms with Crippen molar-refractivity contribution >= 4 is 0 Å². The standard InChI is InChI=1S/C15H29N3/c1-9-12(15(2,3)4)11-10-7-6-8-16-13(10)17-14(11)18(9)5/h9-14,16-17H,6-8H2,1-5H3. The first kappa shape index (κ1) is 12.9. The van der Waals surface area contributed by atoms with Crippen molar-refractivity contribution < 1.29 is 0 Å². The molecule has 0 aromatic carbocycles. The maximum Gasteiger partial charge on any atom is 0.0645 e. The normalized spacial score (nSPS) is 49.2. The first-order valence-corrected chi connectivity index (χ1v) is 7.62. The van der Waals surface area contributed by atoms with E-state index < -0.39 is 0 Å². The second-order valence-electron chi connectivity index (χ2n) is 7.72. The third kappa shape index (κ3) is 1.75. The molecule has 0 radical (unpaired) electrons. The number of fused-ring (bicyclic) bond motifs is 3. The molecule has 0 saturated carbocycles. The lowest BCUT2D eigenvalue weighted by atomic mass is 9.67. The average Bonchev–Trinajstić information content (AvgIpc) is 2.76. The van der Waals surface area contributed by atoms with Gasteiger partial charge in [0, 0.05) is 6.04 Å². The number of piperidine rings is 1. The highest BCUT2D eigenvalue weighted by Gasteiger charge is 2.58. The fourth-order valence-corrected chi connectivity index (χ4v) is 5.02. The molecule has 104 valence electrons. The summed E-state index contributed by atoms with van der Waals surface area (Å²) in [6.45, 7) is 10.9. The SMILES string of the molecule is CC1C(C(C)(C)C)C2C3CCCNC3NC2N1C. The third-order valence-corrected chi connectivity index (χ3v) is 5.73. The first-order valence-electron chi connectivity index (χ1n) is 7.62. The van der Waals surface area contributed by atoms with Gasteiger partial charge in [-0.15, -0.1) is 0 Å². The second-order valence-corrected chi connectivity index (χ2v) is 7.72. The van der Waals surface area contributed by atoms with Crippen LogP contribution in [0, 0.1) is 23.2 Å². The van der Waals surface area contributed by atoms with Crippen molar-refractivity contribution in [2.75, 3.05) is 13.6 Å². The summed E-state index contributed by atoms with van der Waals surface area (Å²) in [7, 11) is 2.30. The summed E-state index contributed by atoms with van der Waals surface area (Å²) in [6, 6.07) is 0.690. The van der Waals surface area contributed by atoms with Crippen molar-refractivity contribution in [2.45, 2.75) is 58.9 Å². The van der Waals surface area contributed by atoms with E-state index in [4.69, 9.17) is 0 Å². The molecule has 3 saturated heterocycles. The van der Waals surface area contributed by atoms with Crippen LogP contribution in [0.5, 0.6) is 0 Å². The molecule has 0 spiro atoms. The zero-order valence-corrected chi connectivity index (χ0v) is 12.5. The van der Waals surface area contributed by atoms with Gasteiger partial charge in [0.1, 0.15) is 0 Å². The third-order valence-electron chi connectivity index (χ3n) is 5.73. The Balaban J connectivity index is 1.91. The second kappa shape index (κ2) is 4.19. The van der Waals surface area contributed by atoms with Crippen molar-refractivity contribution in [2.24, 2.45) is 23.2 Å². The predicted octanol–water partition coefficient (Wildman–Crippen LogP) is 1.85. The van der Waals surface area contributed by atoms with E-state index in [-0.39, 0.29) is 0 Å². The van der Waals surface area contributed by atoms with Crippen LogP contribution >= 0.6 is 0 Å². The van der Waals surface area contributed by atoms with Crippen molar-refractivity contribution in [3.05, 3.63) is 0 Å². The van der Waals surface area contributed by atoms with E-state index in [9.17, 15) is 0 Å². The Bertz CT molecular complexity index is 320. The largest absolute Gasteiger partial charge is 0.302 e. The molecule has 0 bridgehead atoms. The van der Waals surface area contributed by atoms with Crippen LogP contribution in [0.25, 0.3) is 0 Å². The van der Waals surface area contributed by atoms with Gasteiger partial charge in [0.05, 0.1) is 12.3 Å². The van der Waals surface area contributed by atoms with Crippen LogP contribution in [0.4, 0.5) is 0 Å². The highest BCUT2D eigenvalue weighted by Crippen LogP contribution is 2.51. The van der Waals surface area contributed by atoms with Gasteiger partial charge in [-0.1, -0.05) is 20.8 Å². The summed E-state index contributed by atoms with van der Waals surface area (Å²) >= 11 is 0. The fourth-order valence-electron chi connectivity index (χ4n) is 5.02. The molecule has 0 aromatic heterocycles. The lowest BCUT2D eigenvalue weighted by Gasteiger charge is -2.39. The molecule has 2 N–H and O–H groups in total. The van der Waals surface area contributed by atoms with Crippen LogP contribution in [0.3, 0.4) is 0 Å². The summed E-state index contributed by atoms with van der Waals surface area (Å²) in [5, 5.41) is 7.53. The topological polar surface area (TPSA) is 27.3 Å². The lowest BCUT2D eigenvalue weighted by molar-refractivity contribution is 0.105. The summed E-state index contributed by atoms with van der Waals surface area (Å²) in [6.07, 6.45) is 3.90. The molecule has 3 heteroatoms. The van der Waals surface area contributed by atoms with Crippen molar-refractivity contribution in [1.82, 2.24) is 15.5 Å². The van der Waals surface area contributed by atoms with Gasteiger partial charge in [0.25, 0.3) is 0 Å². The van der Waals surface area contributed by atoms with Gasteiger partial charge >= 0.3 is 0 Å². The van der Waals surface area contributed by atoms with Gasteiger partial charge in [-0.05, 0) is 56.5 Å². The summed E-state index contributed by atoms with van der Waals surface area (Å²) in [4.78, 5) is 2.58. The van der Waals surface area contributed by atoms with Crippen LogP contribution in [0.2, 0.25) is 0 Å². The number of nitrogens with zero attached hydrogens (tertiary/aromatic N) is 1. The monoisotopic (exact) mass is 251 g/mol. The van der Waals surface area contributed by atoms with Crippen molar-refractivity contribution in [3.63, 3.8) is 0 Å². The summed E-state index contributed by atoms with van der Waals surface area (Å²) in [5.74, 6) is 2.46. The highest BCUT2D eigenvalue weighted by atomic mass is 15.4. The Morgan fingerprint density at radius 2 is 1.94 bits per heavy atom. The number of hydrogen-bond donors (Lipinski definition) is 2. The van der Waals surface area contributed by atoms with Crippen LogP contribution < -0.4 is 10.6 Å². The van der Waals surface area contributed by atoms with E-state index in [1.165, 1.54) is 19.4 Å². The maximum atomic E-state index is 3.85. The average molecular weight is 251 g/mol. The number of likely N-dealkylation sites (tertiary alicyclic amines) is 1. The molecule has 6 atom stereocenters. The Kier molecular flexibility index (Phi) is 3.00. The molecule has 3 heterocycles. The molecule has 3 aliphatic rings. The van der Waals surface area contributed by atoms with Gasteiger partial charge in [-0.25, -0.2) is 0 Å². The Labute approximate surface area is 112 Å². The molecule has 3 fully saturated rings. The van der Waals surface area contributed by atoms with Crippen LogP contribution in [-0.4, -0.2) is 36.9 Å². The van der Waals surface area contributed by atoms with Gasteiger partial charge < -0.3 is 5.32 Å². The lowest BCUT2D eigenvalue weighted by Crippen LogP contribution is -2.51. The minimum atomic E-state index is 0.404. The van der Waals surface area contributed by atoms with Gasteiger partial charge in [0.2, 0.25) is 0 Å². The van der Waals surface area contributed by atoms with Crippen LogP contribution in [0.15, 0.2) is 0 Å². The molecule has 0 amide bonds. The minimum absolute atomic E-state index is 0.404. The van der Waals surface area contributed by atoms with E-state index in [0.29, 0.717) is 23.8 Å². The van der Waals surface area contributed by atoms with E-state index >= 15 is 0 Å². The molecular formula is C15H29N3. The molecule has 0 aliphatic carbocycles. The van der Waals surface area contributed by atoms with Crippen LogP contribution in [-0.2, 0) is 0 Å². The van der Waals surface area contributed by atoms with Gasteiger partial charge in [-0.3, -0.25) is 10.2 Å². The molecule has 3 rings (SSSR count). The molecule has 6 unspecified atom stereocenters. The Hall–Kier alpha value is -0.120.